The van der Waals surface area contributed by atoms with Crippen LogP contribution in [0.1, 0.15) is 37.9 Å². The van der Waals surface area contributed by atoms with Crippen molar-refractivity contribution >= 4 is 6.03 Å². The number of aromatic nitrogens is 3. The van der Waals surface area contributed by atoms with Gasteiger partial charge in [-0.3, -0.25) is 4.79 Å². The Hall–Kier alpha value is -2.70. The molecule has 1 saturated carbocycles. The molecule has 0 radical (unpaired) electrons. The molecule has 7 nitrogen and oxygen atoms in total. The third-order valence-corrected chi connectivity index (χ3v) is 5.58. The quantitative estimate of drug-likeness (QED) is 0.882. The van der Waals surface area contributed by atoms with Crippen molar-refractivity contribution < 1.29 is 4.79 Å². The zero-order chi connectivity index (χ0) is 18.1. The summed E-state index contributed by atoms with van der Waals surface area (Å²) in [6.07, 6.45) is 3.02. The Labute approximate surface area is 151 Å². The molecule has 1 aromatic carbocycles. The van der Waals surface area contributed by atoms with Gasteiger partial charge < -0.3 is 15.2 Å². The van der Waals surface area contributed by atoms with Crippen LogP contribution in [0.4, 0.5) is 4.79 Å². The molecule has 0 spiro atoms. The van der Waals surface area contributed by atoms with Crippen molar-refractivity contribution in [2.24, 2.45) is 11.8 Å². The van der Waals surface area contributed by atoms with Gasteiger partial charge in [0.2, 0.25) is 0 Å². The number of carbonyl (C=O) groups is 1. The van der Waals surface area contributed by atoms with Gasteiger partial charge in [0, 0.05) is 18.7 Å². The lowest BCUT2D eigenvalue weighted by atomic mass is 9.77. The van der Waals surface area contributed by atoms with Crippen molar-refractivity contribution in [2.45, 2.75) is 32.2 Å². The topological polar surface area (TPSA) is 91.0 Å². The van der Waals surface area contributed by atoms with Crippen molar-refractivity contribution in [3.8, 4) is 11.4 Å². The minimum Gasteiger partial charge on any atom is -0.329 e. The highest BCUT2D eigenvalue weighted by Gasteiger charge is 2.41. The molecule has 2 heterocycles. The van der Waals surface area contributed by atoms with Crippen LogP contribution in [0.15, 0.2) is 35.1 Å². The molecule has 136 valence electrons. The van der Waals surface area contributed by atoms with E-state index < -0.39 is 6.04 Å². The molecule has 26 heavy (non-hydrogen) atoms. The van der Waals surface area contributed by atoms with Crippen molar-refractivity contribution in [1.29, 1.82) is 0 Å². The first-order valence-electron chi connectivity index (χ1n) is 9.23. The average Bonchev–Trinajstić information content (AvgIpc) is 2.95. The Morgan fingerprint density at radius 2 is 1.92 bits per heavy atom. The number of fused-ring (bicyclic) bond motifs is 1. The standard InChI is InChI=1S/C19H23N5O2/c1-2-15(20-19(26)24-10-13-8-9-14(13)11-24)16-18(25)21-17(23-22-16)12-6-4-3-5-7-12/h3-7,13-15H,2,8-11H2,1H3,(H,20,26)(H,21,23,25). The number of hydrogen-bond acceptors (Lipinski definition) is 4. The fourth-order valence-electron chi connectivity index (χ4n) is 3.83. The maximum atomic E-state index is 12.6. The second kappa shape index (κ2) is 6.90. The number of carbonyl (C=O) groups excluding carboxylic acids is 1. The van der Waals surface area contributed by atoms with E-state index in [9.17, 15) is 9.59 Å². The average molecular weight is 353 g/mol. The molecule has 1 aliphatic carbocycles. The summed E-state index contributed by atoms with van der Waals surface area (Å²) >= 11 is 0. The molecule has 2 aromatic rings. The van der Waals surface area contributed by atoms with Crippen molar-refractivity contribution in [3.05, 3.63) is 46.4 Å². The van der Waals surface area contributed by atoms with Gasteiger partial charge in [-0.2, -0.15) is 0 Å². The molecule has 2 aliphatic rings. The van der Waals surface area contributed by atoms with Gasteiger partial charge in [-0.15, -0.1) is 10.2 Å². The van der Waals surface area contributed by atoms with Crippen LogP contribution in [-0.4, -0.2) is 39.2 Å². The van der Waals surface area contributed by atoms with Gasteiger partial charge in [-0.1, -0.05) is 37.3 Å². The number of benzene rings is 1. The fourth-order valence-corrected chi connectivity index (χ4v) is 3.83. The van der Waals surface area contributed by atoms with Gasteiger partial charge in [0.05, 0.1) is 6.04 Å². The predicted molar refractivity (Wildman–Crippen MR) is 97.4 cm³/mol. The number of urea groups is 1. The third kappa shape index (κ3) is 3.09. The summed E-state index contributed by atoms with van der Waals surface area (Å²) in [5.74, 6) is 1.75. The molecule has 0 bridgehead atoms. The molecule has 7 heteroatoms. The molecule has 2 N–H and O–H groups in total. The van der Waals surface area contributed by atoms with Gasteiger partial charge >= 0.3 is 6.03 Å². The van der Waals surface area contributed by atoms with Crippen LogP contribution in [0.2, 0.25) is 0 Å². The Morgan fingerprint density at radius 1 is 1.23 bits per heavy atom. The summed E-state index contributed by atoms with van der Waals surface area (Å²) in [4.78, 5) is 29.7. The zero-order valence-corrected chi connectivity index (χ0v) is 14.8. The van der Waals surface area contributed by atoms with Crippen LogP contribution in [0.5, 0.6) is 0 Å². The van der Waals surface area contributed by atoms with E-state index in [4.69, 9.17) is 0 Å². The highest BCUT2D eigenvalue weighted by molar-refractivity contribution is 5.75. The Bertz CT molecular complexity index is 839. The van der Waals surface area contributed by atoms with Crippen LogP contribution >= 0.6 is 0 Å². The Kier molecular flexibility index (Phi) is 4.44. The molecular weight excluding hydrogens is 330 g/mol. The van der Waals surface area contributed by atoms with E-state index in [1.165, 1.54) is 12.8 Å². The normalized spacial score (nSPS) is 22.4. The molecule has 1 saturated heterocycles. The van der Waals surface area contributed by atoms with Crippen LogP contribution in [0, 0.1) is 11.8 Å². The predicted octanol–water partition coefficient (Wildman–Crippen LogP) is 2.33. The van der Waals surface area contributed by atoms with Crippen molar-refractivity contribution in [3.63, 3.8) is 0 Å². The molecule has 4 rings (SSSR count). The molecule has 2 amide bonds. The summed E-state index contributed by atoms with van der Waals surface area (Å²) in [5.41, 5.74) is 0.739. The van der Waals surface area contributed by atoms with Crippen LogP contribution in [-0.2, 0) is 0 Å². The van der Waals surface area contributed by atoms with E-state index in [1.54, 1.807) is 0 Å². The maximum absolute atomic E-state index is 12.6. The first kappa shape index (κ1) is 16.8. The molecule has 1 aromatic heterocycles. The second-order valence-electron chi connectivity index (χ2n) is 7.17. The number of rotatable bonds is 4. The van der Waals surface area contributed by atoms with E-state index in [1.807, 2.05) is 42.2 Å². The molecule has 2 fully saturated rings. The van der Waals surface area contributed by atoms with Crippen LogP contribution < -0.4 is 10.9 Å². The molecular formula is C19H23N5O2. The minimum atomic E-state index is -0.443. The molecule has 3 unspecified atom stereocenters. The van der Waals surface area contributed by atoms with Crippen LogP contribution in [0.3, 0.4) is 0 Å². The molecule has 3 atom stereocenters. The van der Waals surface area contributed by atoms with Crippen LogP contribution in [0.25, 0.3) is 11.4 Å². The number of likely N-dealkylation sites (tertiary alicyclic amines) is 1. The lowest BCUT2D eigenvalue weighted by Crippen LogP contribution is -2.42. The highest BCUT2D eigenvalue weighted by Crippen LogP contribution is 2.40. The number of aromatic amines is 1. The number of H-pyrrole nitrogens is 1. The summed E-state index contributed by atoms with van der Waals surface area (Å²) in [7, 11) is 0. The van der Waals surface area contributed by atoms with E-state index >= 15 is 0 Å². The van der Waals surface area contributed by atoms with Gasteiger partial charge in [0.1, 0.15) is 0 Å². The fraction of sp³-hybridized carbons (Fsp3) is 0.474. The first-order chi connectivity index (χ1) is 12.7. The highest BCUT2D eigenvalue weighted by atomic mass is 16.2. The van der Waals surface area contributed by atoms with Crippen molar-refractivity contribution in [1.82, 2.24) is 25.4 Å². The zero-order valence-electron chi connectivity index (χ0n) is 14.8. The SMILES string of the molecule is CCC(NC(=O)N1CC2CCC2C1)c1nnc(-c2ccccc2)[nH]c1=O. The Morgan fingerprint density at radius 3 is 2.50 bits per heavy atom. The maximum Gasteiger partial charge on any atom is 0.317 e. The summed E-state index contributed by atoms with van der Waals surface area (Å²) in [6, 6.07) is 8.82. The molecule has 1 aliphatic heterocycles. The summed E-state index contributed by atoms with van der Waals surface area (Å²) in [5, 5.41) is 11.2. The number of amides is 2. The lowest BCUT2D eigenvalue weighted by Gasteiger charge is -2.27. The largest absolute Gasteiger partial charge is 0.329 e. The monoisotopic (exact) mass is 353 g/mol. The second-order valence-corrected chi connectivity index (χ2v) is 7.17. The lowest BCUT2D eigenvalue weighted by molar-refractivity contribution is 0.202. The van der Waals surface area contributed by atoms with Crippen molar-refractivity contribution in [2.75, 3.05) is 13.1 Å². The van der Waals surface area contributed by atoms with Gasteiger partial charge in [-0.25, -0.2) is 4.79 Å². The van der Waals surface area contributed by atoms with E-state index in [2.05, 4.69) is 20.5 Å². The minimum absolute atomic E-state index is 0.111. The van der Waals surface area contributed by atoms with Gasteiger partial charge in [0.25, 0.3) is 5.56 Å². The summed E-state index contributed by atoms with van der Waals surface area (Å²) in [6.45, 7) is 3.56. The smallest absolute Gasteiger partial charge is 0.317 e. The van der Waals surface area contributed by atoms with E-state index in [0.29, 0.717) is 24.1 Å². The number of nitrogens with one attached hydrogen (secondary N) is 2. The van der Waals surface area contributed by atoms with E-state index in [-0.39, 0.29) is 17.3 Å². The van der Waals surface area contributed by atoms with E-state index in [0.717, 1.165) is 18.7 Å². The van der Waals surface area contributed by atoms with Gasteiger partial charge in [0.15, 0.2) is 11.5 Å². The number of hydrogen-bond donors (Lipinski definition) is 2. The first-order valence-corrected chi connectivity index (χ1v) is 9.23. The number of nitrogens with zero attached hydrogens (tertiary/aromatic N) is 3. The van der Waals surface area contributed by atoms with Gasteiger partial charge in [-0.05, 0) is 31.1 Å². The summed E-state index contributed by atoms with van der Waals surface area (Å²) < 4.78 is 0. The third-order valence-electron chi connectivity index (χ3n) is 5.58. The Balaban J connectivity index is 1.49.